The molecule has 5 rings (SSSR count). The van der Waals surface area contributed by atoms with Gasteiger partial charge in [-0.05, 0) is 31.5 Å². The number of carbonyl (C=O) groups excluding carboxylic acids is 1. The molecule has 0 unspecified atom stereocenters. The Morgan fingerprint density at radius 1 is 0.941 bits per heavy atom. The van der Waals surface area contributed by atoms with Crippen LogP contribution in [0.2, 0.25) is 0 Å². The molecule has 1 aliphatic rings. The molecule has 2 aromatic heterocycles. The number of anilines is 1. The molecule has 174 valence electrons. The van der Waals surface area contributed by atoms with E-state index in [1.54, 1.807) is 11.1 Å². The number of ether oxygens (including phenoxy) is 1. The molecule has 0 N–H and O–H groups in total. The number of piperazine rings is 1. The Morgan fingerprint density at radius 3 is 2.44 bits per heavy atom. The van der Waals surface area contributed by atoms with Gasteiger partial charge in [-0.2, -0.15) is 0 Å². The second-order valence-corrected chi connectivity index (χ2v) is 9.36. The van der Waals surface area contributed by atoms with Crippen molar-refractivity contribution in [2.45, 2.75) is 26.4 Å². The van der Waals surface area contributed by atoms with Crippen molar-refractivity contribution in [2.75, 3.05) is 31.1 Å². The van der Waals surface area contributed by atoms with Gasteiger partial charge < -0.3 is 14.5 Å². The Labute approximate surface area is 197 Å². The van der Waals surface area contributed by atoms with Crippen LogP contribution in [0.5, 0.6) is 0 Å². The maximum Gasteiger partial charge on any atom is 0.410 e. The molecule has 1 amide bonds. The van der Waals surface area contributed by atoms with Gasteiger partial charge in [0.1, 0.15) is 29.0 Å². The molecule has 0 aliphatic carbocycles. The number of hydrogen-bond acceptors (Lipinski definition) is 6. The van der Waals surface area contributed by atoms with E-state index >= 15 is 4.39 Å². The van der Waals surface area contributed by atoms with Gasteiger partial charge in [0.2, 0.25) is 0 Å². The number of carbonyl (C=O) groups is 1. The average molecular weight is 460 g/mol. The molecule has 2 aromatic carbocycles. The Bertz CT molecular complexity index is 1370. The molecule has 1 fully saturated rings. The van der Waals surface area contributed by atoms with Crippen LogP contribution in [-0.4, -0.2) is 57.7 Å². The molecule has 34 heavy (non-hydrogen) atoms. The molecule has 1 aliphatic heterocycles. The van der Waals surface area contributed by atoms with Gasteiger partial charge in [-0.1, -0.05) is 42.5 Å². The topological polar surface area (TPSA) is 71.5 Å². The molecule has 0 radical (unpaired) electrons. The van der Waals surface area contributed by atoms with Crippen LogP contribution in [0.15, 0.2) is 55.0 Å². The van der Waals surface area contributed by atoms with E-state index in [0.29, 0.717) is 37.4 Å². The number of nitrogens with zero attached hydrogens (tertiary/aromatic N) is 5. The second-order valence-electron chi connectivity index (χ2n) is 9.36. The first-order valence-electron chi connectivity index (χ1n) is 11.3. The van der Waals surface area contributed by atoms with Crippen molar-refractivity contribution < 1.29 is 13.9 Å². The highest BCUT2D eigenvalue weighted by molar-refractivity contribution is 5.98. The quantitative estimate of drug-likeness (QED) is 0.418. The summed E-state index contributed by atoms with van der Waals surface area (Å²) < 4.78 is 21.2. The number of aromatic nitrogens is 3. The van der Waals surface area contributed by atoms with Crippen molar-refractivity contribution in [3.05, 3.63) is 60.8 Å². The van der Waals surface area contributed by atoms with E-state index in [-0.39, 0.29) is 17.3 Å². The van der Waals surface area contributed by atoms with Crippen molar-refractivity contribution in [1.29, 1.82) is 0 Å². The summed E-state index contributed by atoms with van der Waals surface area (Å²) in [5, 5.41) is 2.51. The van der Waals surface area contributed by atoms with Gasteiger partial charge in [0.05, 0.1) is 5.39 Å². The predicted molar refractivity (Wildman–Crippen MR) is 130 cm³/mol. The predicted octanol–water partition coefficient (Wildman–Crippen LogP) is 5.04. The third-order valence-electron chi connectivity index (χ3n) is 5.88. The van der Waals surface area contributed by atoms with Crippen LogP contribution in [0.1, 0.15) is 20.8 Å². The third-order valence-corrected chi connectivity index (χ3v) is 5.88. The first-order valence-corrected chi connectivity index (χ1v) is 11.3. The van der Waals surface area contributed by atoms with Crippen LogP contribution in [0.4, 0.5) is 15.0 Å². The van der Waals surface area contributed by atoms with Crippen molar-refractivity contribution in [1.82, 2.24) is 19.9 Å². The number of amides is 1. The Morgan fingerprint density at radius 2 is 1.68 bits per heavy atom. The van der Waals surface area contributed by atoms with Crippen molar-refractivity contribution in [3.8, 4) is 11.3 Å². The summed E-state index contributed by atoms with van der Waals surface area (Å²) in [6.07, 6.45) is 2.70. The highest BCUT2D eigenvalue weighted by atomic mass is 19.1. The van der Waals surface area contributed by atoms with E-state index in [2.05, 4.69) is 15.0 Å². The number of hydrogen-bond donors (Lipinski definition) is 0. The Kier molecular flexibility index (Phi) is 5.51. The monoisotopic (exact) mass is 459 g/mol. The van der Waals surface area contributed by atoms with Gasteiger partial charge in [0.15, 0.2) is 5.82 Å². The number of halogens is 1. The SMILES string of the molecule is CC(C)(C)OC(=O)N1CCN(c2ncnc3c(F)c(-c4cccc5ccccc45)ncc23)CC1. The van der Waals surface area contributed by atoms with Gasteiger partial charge >= 0.3 is 6.09 Å². The van der Waals surface area contributed by atoms with Crippen LogP contribution in [0, 0.1) is 5.82 Å². The van der Waals surface area contributed by atoms with Gasteiger partial charge in [0.25, 0.3) is 0 Å². The van der Waals surface area contributed by atoms with E-state index in [1.165, 1.54) is 6.33 Å². The summed E-state index contributed by atoms with van der Waals surface area (Å²) in [4.78, 5) is 29.3. The molecule has 0 atom stereocenters. The Hall–Kier alpha value is -3.81. The van der Waals surface area contributed by atoms with Crippen molar-refractivity contribution in [2.24, 2.45) is 0 Å². The van der Waals surface area contributed by atoms with Crippen LogP contribution in [0.3, 0.4) is 0 Å². The fourth-order valence-corrected chi connectivity index (χ4v) is 4.28. The lowest BCUT2D eigenvalue weighted by atomic mass is 10.0. The number of fused-ring (bicyclic) bond motifs is 2. The molecule has 7 nitrogen and oxygen atoms in total. The lowest BCUT2D eigenvalue weighted by Gasteiger charge is -2.36. The smallest absolute Gasteiger partial charge is 0.410 e. The minimum atomic E-state index is -0.540. The standard InChI is InChI=1S/C26H26FN5O2/c1-26(2,3)34-25(33)32-13-11-31(12-14-32)24-20-15-28-22(21(27)23(20)29-16-30-24)19-10-6-8-17-7-4-5-9-18(17)19/h4-10,15-16H,11-14H2,1-3H3. The van der Waals surface area contributed by atoms with Crippen LogP contribution in [-0.2, 0) is 4.74 Å². The fourth-order valence-electron chi connectivity index (χ4n) is 4.28. The average Bonchev–Trinajstić information content (AvgIpc) is 2.83. The molecule has 0 bridgehead atoms. The maximum atomic E-state index is 15.7. The minimum absolute atomic E-state index is 0.234. The molecule has 1 saturated heterocycles. The summed E-state index contributed by atoms with van der Waals surface area (Å²) in [7, 11) is 0. The first-order chi connectivity index (χ1) is 16.3. The first kappa shape index (κ1) is 22.0. The molecular weight excluding hydrogens is 433 g/mol. The number of rotatable bonds is 2. The molecule has 4 aromatic rings. The molecule has 0 spiro atoms. The highest BCUT2D eigenvalue weighted by Crippen LogP contribution is 2.33. The summed E-state index contributed by atoms with van der Waals surface area (Å²) in [6, 6.07) is 13.6. The van der Waals surface area contributed by atoms with Gasteiger partial charge in [-0.25, -0.2) is 19.2 Å². The largest absolute Gasteiger partial charge is 0.444 e. The van der Waals surface area contributed by atoms with Crippen LogP contribution in [0.25, 0.3) is 32.9 Å². The lowest BCUT2D eigenvalue weighted by molar-refractivity contribution is 0.0240. The van der Waals surface area contributed by atoms with Crippen LogP contribution < -0.4 is 4.90 Å². The van der Waals surface area contributed by atoms with E-state index in [4.69, 9.17) is 4.74 Å². The molecular formula is C26H26FN5O2. The zero-order valence-electron chi connectivity index (χ0n) is 19.5. The maximum absolute atomic E-state index is 15.7. The van der Waals surface area contributed by atoms with E-state index in [0.717, 1.165) is 16.3 Å². The van der Waals surface area contributed by atoms with E-state index in [9.17, 15) is 4.79 Å². The summed E-state index contributed by atoms with van der Waals surface area (Å²) in [6.45, 7) is 7.64. The van der Waals surface area contributed by atoms with Gasteiger partial charge in [-0.3, -0.25) is 4.98 Å². The summed E-state index contributed by atoms with van der Waals surface area (Å²) in [5.41, 5.74) is 0.687. The van der Waals surface area contributed by atoms with Gasteiger partial charge in [-0.15, -0.1) is 0 Å². The van der Waals surface area contributed by atoms with Crippen LogP contribution >= 0.6 is 0 Å². The normalized spacial score (nSPS) is 14.6. The third kappa shape index (κ3) is 4.11. The summed E-state index contributed by atoms with van der Waals surface area (Å²) >= 11 is 0. The Balaban J connectivity index is 1.45. The fraction of sp³-hybridized carbons (Fsp3) is 0.308. The van der Waals surface area contributed by atoms with E-state index < -0.39 is 11.4 Å². The van der Waals surface area contributed by atoms with Crippen molar-refractivity contribution in [3.63, 3.8) is 0 Å². The number of pyridine rings is 1. The van der Waals surface area contributed by atoms with E-state index in [1.807, 2.05) is 68.1 Å². The zero-order chi connectivity index (χ0) is 23.9. The van der Waals surface area contributed by atoms with Gasteiger partial charge in [0, 0.05) is 37.9 Å². The second kappa shape index (κ2) is 8.52. The van der Waals surface area contributed by atoms with Crippen molar-refractivity contribution >= 4 is 33.6 Å². The highest BCUT2D eigenvalue weighted by Gasteiger charge is 2.27. The molecule has 8 heteroatoms. The molecule has 0 saturated carbocycles. The molecule has 3 heterocycles. The summed E-state index contributed by atoms with van der Waals surface area (Å²) in [5.74, 6) is 0.148. The lowest BCUT2D eigenvalue weighted by Crippen LogP contribution is -2.50. The number of benzene rings is 2. The minimum Gasteiger partial charge on any atom is -0.444 e. The zero-order valence-corrected chi connectivity index (χ0v) is 19.5.